The normalized spacial score (nSPS) is 21.8. The number of rotatable bonds is 3. The van der Waals surface area contributed by atoms with Gasteiger partial charge in [0.05, 0.1) is 12.8 Å². The standard InChI is InChI=1S/C14H18N2O3/c1-9-4-5-11(6-10(9)2)12-7-14(8-15,19-16-12)13(17)18-3/h4-6H,7-8,15H2,1-3H3. The van der Waals surface area contributed by atoms with E-state index in [2.05, 4.69) is 5.16 Å². The quantitative estimate of drug-likeness (QED) is 0.833. The van der Waals surface area contributed by atoms with Gasteiger partial charge in [-0.15, -0.1) is 0 Å². The van der Waals surface area contributed by atoms with Crippen molar-refractivity contribution in [2.75, 3.05) is 13.7 Å². The van der Waals surface area contributed by atoms with E-state index in [-0.39, 0.29) is 6.54 Å². The number of methoxy groups -OCH3 is 1. The monoisotopic (exact) mass is 262 g/mol. The third kappa shape index (κ3) is 2.33. The molecular weight excluding hydrogens is 244 g/mol. The smallest absolute Gasteiger partial charge is 0.354 e. The van der Waals surface area contributed by atoms with Crippen LogP contribution in [0.1, 0.15) is 23.1 Å². The third-order valence-corrected chi connectivity index (χ3v) is 3.51. The van der Waals surface area contributed by atoms with E-state index in [1.165, 1.54) is 18.2 Å². The van der Waals surface area contributed by atoms with Crippen molar-refractivity contribution in [1.82, 2.24) is 0 Å². The molecule has 0 bridgehead atoms. The molecule has 1 aromatic rings. The highest BCUT2D eigenvalue weighted by atomic mass is 16.7. The van der Waals surface area contributed by atoms with Crippen molar-refractivity contribution in [2.45, 2.75) is 25.9 Å². The maximum atomic E-state index is 11.8. The van der Waals surface area contributed by atoms with Gasteiger partial charge in [0.25, 0.3) is 5.60 Å². The molecule has 1 atom stereocenters. The van der Waals surface area contributed by atoms with Gasteiger partial charge < -0.3 is 15.3 Å². The van der Waals surface area contributed by atoms with Gasteiger partial charge in [-0.05, 0) is 36.6 Å². The number of nitrogens with zero attached hydrogens (tertiary/aromatic N) is 1. The molecule has 1 aromatic carbocycles. The fourth-order valence-corrected chi connectivity index (χ4v) is 2.04. The molecule has 5 nitrogen and oxygen atoms in total. The molecule has 0 saturated heterocycles. The number of hydrogen-bond donors (Lipinski definition) is 1. The maximum Gasteiger partial charge on any atom is 0.354 e. The van der Waals surface area contributed by atoms with Crippen LogP contribution in [0, 0.1) is 13.8 Å². The van der Waals surface area contributed by atoms with Crippen molar-refractivity contribution in [2.24, 2.45) is 10.9 Å². The lowest BCUT2D eigenvalue weighted by Crippen LogP contribution is -2.46. The number of ether oxygens (including phenoxy) is 1. The van der Waals surface area contributed by atoms with Gasteiger partial charge >= 0.3 is 5.97 Å². The number of oxime groups is 1. The summed E-state index contributed by atoms with van der Waals surface area (Å²) in [5.74, 6) is -0.488. The molecule has 1 aliphatic heterocycles. The molecule has 0 amide bonds. The molecule has 0 aliphatic carbocycles. The third-order valence-electron chi connectivity index (χ3n) is 3.51. The number of carbonyl (C=O) groups excluding carboxylic acids is 1. The summed E-state index contributed by atoms with van der Waals surface area (Å²) in [7, 11) is 1.32. The van der Waals surface area contributed by atoms with Crippen LogP contribution in [0.5, 0.6) is 0 Å². The van der Waals surface area contributed by atoms with Crippen LogP contribution in [-0.2, 0) is 14.4 Å². The fourth-order valence-electron chi connectivity index (χ4n) is 2.04. The molecule has 2 rings (SSSR count). The molecular formula is C14H18N2O3. The Morgan fingerprint density at radius 2 is 2.21 bits per heavy atom. The average molecular weight is 262 g/mol. The second kappa shape index (κ2) is 5.01. The van der Waals surface area contributed by atoms with E-state index in [1.807, 2.05) is 32.0 Å². The predicted octanol–water partition coefficient (Wildman–Crippen LogP) is 1.30. The van der Waals surface area contributed by atoms with Crippen molar-refractivity contribution >= 4 is 11.7 Å². The highest BCUT2D eigenvalue weighted by Crippen LogP contribution is 2.28. The molecule has 102 valence electrons. The minimum absolute atomic E-state index is 0.0392. The van der Waals surface area contributed by atoms with Crippen LogP contribution in [0.25, 0.3) is 0 Å². The van der Waals surface area contributed by atoms with Crippen LogP contribution in [0.4, 0.5) is 0 Å². The number of hydrogen-bond acceptors (Lipinski definition) is 5. The van der Waals surface area contributed by atoms with E-state index in [9.17, 15) is 4.79 Å². The van der Waals surface area contributed by atoms with Crippen LogP contribution in [0.15, 0.2) is 23.4 Å². The Morgan fingerprint density at radius 3 is 2.79 bits per heavy atom. The number of esters is 1. The average Bonchev–Trinajstić information content (AvgIpc) is 2.86. The molecule has 1 heterocycles. The lowest BCUT2D eigenvalue weighted by atomic mass is 9.93. The van der Waals surface area contributed by atoms with E-state index in [4.69, 9.17) is 15.3 Å². The topological polar surface area (TPSA) is 73.9 Å². The van der Waals surface area contributed by atoms with Gasteiger partial charge in [0, 0.05) is 13.0 Å². The highest BCUT2D eigenvalue weighted by molar-refractivity contribution is 6.05. The van der Waals surface area contributed by atoms with E-state index in [0.717, 1.165) is 11.3 Å². The Hall–Kier alpha value is -1.88. The van der Waals surface area contributed by atoms with Crippen molar-refractivity contribution in [3.8, 4) is 0 Å². The summed E-state index contributed by atoms with van der Waals surface area (Å²) >= 11 is 0. The van der Waals surface area contributed by atoms with Gasteiger partial charge in [0.15, 0.2) is 0 Å². The second-order valence-electron chi connectivity index (χ2n) is 4.80. The minimum Gasteiger partial charge on any atom is -0.466 e. The van der Waals surface area contributed by atoms with Crippen LogP contribution in [-0.4, -0.2) is 30.9 Å². The molecule has 0 fully saturated rings. The summed E-state index contributed by atoms with van der Waals surface area (Å²) < 4.78 is 4.74. The Labute approximate surface area is 112 Å². The molecule has 1 unspecified atom stereocenters. The predicted molar refractivity (Wildman–Crippen MR) is 72.0 cm³/mol. The van der Waals surface area contributed by atoms with E-state index < -0.39 is 11.6 Å². The molecule has 19 heavy (non-hydrogen) atoms. The summed E-state index contributed by atoms with van der Waals surface area (Å²) in [6, 6.07) is 6.02. The zero-order chi connectivity index (χ0) is 14.0. The molecule has 5 heteroatoms. The maximum absolute atomic E-state index is 11.8. The van der Waals surface area contributed by atoms with Crippen LogP contribution in [0.3, 0.4) is 0 Å². The summed E-state index contributed by atoms with van der Waals surface area (Å²) in [4.78, 5) is 17.0. The van der Waals surface area contributed by atoms with E-state index >= 15 is 0 Å². The van der Waals surface area contributed by atoms with Crippen molar-refractivity contribution in [1.29, 1.82) is 0 Å². The Bertz CT molecular complexity index is 539. The van der Waals surface area contributed by atoms with Crippen LogP contribution < -0.4 is 5.73 Å². The molecule has 0 aromatic heterocycles. The summed E-state index contributed by atoms with van der Waals surface area (Å²) in [5, 5.41) is 4.01. The first-order valence-electron chi connectivity index (χ1n) is 6.13. The summed E-state index contributed by atoms with van der Waals surface area (Å²) in [6.07, 6.45) is 0.332. The molecule has 2 N–H and O–H groups in total. The summed E-state index contributed by atoms with van der Waals surface area (Å²) in [5.41, 5.74) is 8.51. The molecule has 0 radical (unpaired) electrons. The number of nitrogens with two attached hydrogens (primary N) is 1. The van der Waals surface area contributed by atoms with Gasteiger partial charge in [0.2, 0.25) is 0 Å². The minimum atomic E-state index is -1.18. The van der Waals surface area contributed by atoms with Gasteiger partial charge in [-0.2, -0.15) is 0 Å². The van der Waals surface area contributed by atoms with Crippen LogP contribution in [0.2, 0.25) is 0 Å². The number of benzene rings is 1. The SMILES string of the molecule is COC(=O)C1(CN)CC(c2ccc(C)c(C)c2)=NO1. The van der Waals surface area contributed by atoms with E-state index in [0.29, 0.717) is 6.42 Å². The largest absolute Gasteiger partial charge is 0.466 e. The second-order valence-corrected chi connectivity index (χ2v) is 4.80. The number of carbonyl (C=O) groups is 1. The first kappa shape index (κ1) is 13.5. The van der Waals surface area contributed by atoms with Crippen molar-refractivity contribution in [3.05, 3.63) is 34.9 Å². The number of aryl methyl sites for hydroxylation is 2. The zero-order valence-electron chi connectivity index (χ0n) is 11.4. The van der Waals surface area contributed by atoms with Gasteiger partial charge in [-0.25, -0.2) is 4.79 Å². The molecule has 1 aliphatic rings. The lowest BCUT2D eigenvalue weighted by molar-refractivity contribution is -0.165. The molecule has 0 spiro atoms. The Balaban J connectivity index is 2.25. The fraction of sp³-hybridized carbons (Fsp3) is 0.429. The van der Waals surface area contributed by atoms with Gasteiger partial charge in [-0.1, -0.05) is 17.3 Å². The Kier molecular flexibility index (Phi) is 3.57. The zero-order valence-corrected chi connectivity index (χ0v) is 11.4. The summed E-state index contributed by atoms with van der Waals surface area (Å²) in [6.45, 7) is 4.12. The van der Waals surface area contributed by atoms with Crippen molar-refractivity contribution in [3.63, 3.8) is 0 Å². The molecule has 0 saturated carbocycles. The van der Waals surface area contributed by atoms with Gasteiger partial charge in [0.1, 0.15) is 0 Å². The lowest BCUT2D eigenvalue weighted by Gasteiger charge is -2.21. The van der Waals surface area contributed by atoms with Gasteiger partial charge in [-0.3, -0.25) is 0 Å². The first-order valence-corrected chi connectivity index (χ1v) is 6.13. The van der Waals surface area contributed by atoms with E-state index in [1.54, 1.807) is 0 Å². The highest BCUT2D eigenvalue weighted by Gasteiger charge is 2.47. The van der Waals surface area contributed by atoms with Crippen LogP contribution >= 0.6 is 0 Å². The van der Waals surface area contributed by atoms with Crippen molar-refractivity contribution < 1.29 is 14.4 Å². The Morgan fingerprint density at radius 1 is 1.47 bits per heavy atom. The first-order chi connectivity index (χ1) is 9.02.